The summed E-state index contributed by atoms with van der Waals surface area (Å²) in [5.41, 5.74) is 1.17. The number of hydrogen-bond acceptors (Lipinski definition) is 3. The first-order chi connectivity index (χ1) is 11.4. The van der Waals surface area contributed by atoms with Gasteiger partial charge in [0.15, 0.2) is 6.10 Å². The van der Waals surface area contributed by atoms with Crippen molar-refractivity contribution >= 4 is 6.09 Å². The van der Waals surface area contributed by atoms with E-state index < -0.39 is 18.4 Å². The molecule has 1 aromatic carbocycles. The Bertz CT molecular complexity index is 493. The first-order valence-corrected chi connectivity index (χ1v) is 8.15. The zero-order valence-electron chi connectivity index (χ0n) is 15.9. The summed E-state index contributed by atoms with van der Waals surface area (Å²) in [6.45, 7) is 7.58. The van der Waals surface area contributed by atoms with Crippen LogP contribution in [-0.4, -0.2) is 54.4 Å². The second-order valence-corrected chi connectivity index (χ2v) is 5.32. The third-order valence-electron chi connectivity index (χ3n) is 3.62. The third-order valence-corrected chi connectivity index (χ3v) is 3.62. The molecule has 0 spiro atoms. The molecule has 1 heterocycles. The Kier molecular flexibility index (Phi) is 14.3. The number of piperazine rings is 1. The molecule has 4 nitrogen and oxygen atoms in total. The van der Waals surface area contributed by atoms with Crippen LogP contribution in [-0.2, 0) is 44.0 Å². The van der Waals surface area contributed by atoms with E-state index in [4.69, 9.17) is 0 Å². The molecule has 1 radical (unpaired) electrons. The molecule has 26 heavy (non-hydrogen) atoms. The number of ether oxygens (including phenoxy) is 1. The average Bonchev–Trinajstić information content (AvgIpc) is 2.57. The standard InChI is InChI=1S/C15H19F3N2O2.C2H6.CH3.Y/c1-12(15(16,17)18)22-14(21)20-9-7-19(8-10-20)11-13-5-3-2-4-6-13;1-2;;/h2-6,12H,7-11H2,1H3;1-2H3;1H3;/q;;-1;. The minimum atomic E-state index is -4.52. The van der Waals surface area contributed by atoms with Gasteiger partial charge in [0.05, 0.1) is 0 Å². The Morgan fingerprint density at radius 1 is 1.12 bits per heavy atom. The summed E-state index contributed by atoms with van der Waals surface area (Å²) in [7, 11) is 0. The minimum Gasteiger partial charge on any atom is -0.437 e. The van der Waals surface area contributed by atoms with Crippen LogP contribution in [0, 0.1) is 7.43 Å². The summed E-state index contributed by atoms with van der Waals surface area (Å²) in [4.78, 5) is 15.2. The largest absolute Gasteiger partial charge is 0.437 e. The van der Waals surface area contributed by atoms with Crippen LogP contribution in [0.15, 0.2) is 30.3 Å². The van der Waals surface area contributed by atoms with Crippen molar-refractivity contribution in [2.24, 2.45) is 0 Å². The Morgan fingerprint density at radius 3 is 2.08 bits per heavy atom. The summed E-state index contributed by atoms with van der Waals surface area (Å²) in [5, 5.41) is 0. The number of carbonyl (C=O) groups excluding carboxylic acids is 1. The maximum atomic E-state index is 12.4. The quantitative estimate of drug-likeness (QED) is 0.642. The van der Waals surface area contributed by atoms with Crippen molar-refractivity contribution in [1.29, 1.82) is 0 Å². The van der Waals surface area contributed by atoms with E-state index in [0.29, 0.717) is 26.2 Å². The molecule has 0 aromatic heterocycles. The molecule has 0 N–H and O–H groups in total. The predicted octanol–water partition coefficient (Wildman–Crippen LogP) is 4.37. The van der Waals surface area contributed by atoms with Crippen LogP contribution in [0.5, 0.6) is 0 Å². The molecule has 0 aliphatic carbocycles. The zero-order chi connectivity index (χ0) is 18.2. The van der Waals surface area contributed by atoms with E-state index in [9.17, 15) is 18.0 Å². The van der Waals surface area contributed by atoms with E-state index in [-0.39, 0.29) is 40.1 Å². The van der Waals surface area contributed by atoms with Crippen LogP contribution in [0.3, 0.4) is 0 Å². The SMILES string of the molecule is CC.CC(OC(=O)N1CCN(Cc2ccccc2)CC1)C(F)(F)F.[CH3-].[Y]. The molecule has 1 aromatic rings. The summed E-state index contributed by atoms with van der Waals surface area (Å²) < 4.78 is 41.6. The van der Waals surface area contributed by atoms with Gasteiger partial charge in [0, 0.05) is 65.4 Å². The van der Waals surface area contributed by atoms with Gasteiger partial charge in [0.1, 0.15) is 0 Å². The van der Waals surface area contributed by atoms with Crippen LogP contribution < -0.4 is 0 Å². The van der Waals surface area contributed by atoms with Crippen LogP contribution in [0.1, 0.15) is 26.3 Å². The van der Waals surface area contributed by atoms with E-state index in [1.165, 1.54) is 10.5 Å². The number of amides is 1. The van der Waals surface area contributed by atoms with Gasteiger partial charge in [-0.1, -0.05) is 44.2 Å². The Labute approximate surface area is 179 Å². The monoisotopic (exact) mass is 450 g/mol. The topological polar surface area (TPSA) is 32.8 Å². The molecule has 1 saturated heterocycles. The van der Waals surface area contributed by atoms with Crippen molar-refractivity contribution in [3.8, 4) is 0 Å². The second kappa shape index (κ2) is 13.5. The van der Waals surface area contributed by atoms with Crippen LogP contribution in [0.4, 0.5) is 18.0 Å². The van der Waals surface area contributed by atoms with Gasteiger partial charge in [-0.2, -0.15) is 13.2 Å². The number of hydrogen-bond donors (Lipinski definition) is 0. The van der Waals surface area contributed by atoms with Gasteiger partial charge in [-0.3, -0.25) is 4.90 Å². The maximum absolute atomic E-state index is 12.4. The van der Waals surface area contributed by atoms with Gasteiger partial charge in [-0.25, -0.2) is 4.79 Å². The molecule has 147 valence electrons. The van der Waals surface area contributed by atoms with Gasteiger partial charge >= 0.3 is 12.3 Å². The molecule has 0 saturated carbocycles. The zero-order valence-corrected chi connectivity index (χ0v) is 18.8. The van der Waals surface area contributed by atoms with E-state index in [1.54, 1.807) is 0 Å². The van der Waals surface area contributed by atoms with Gasteiger partial charge in [-0.05, 0) is 12.5 Å². The fourth-order valence-electron chi connectivity index (χ4n) is 2.22. The molecule has 1 atom stereocenters. The van der Waals surface area contributed by atoms with E-state index in [1.807, 2.05) is 44.2 Å². The van der Waals surface area contributed by atoms with Crippen LogP contribution >= 0.6 is 0 Å². The summed E-state index contributed by atoms with van der Waals surface area (Å²) in [6, 6.07) is 9.90. The second-order valence-electron chi connectivity index (χ2n) is 5.32. The van der Waals surface area contributed by atoms with Crippen molar-refractivity contribution < 1.29 is 55.4 Å². The van der Waals surface area contributed by atoms with Crippen molar-refractivity contribution in [3.05, 3.63) is 43.3 Å². The van der Waals surface area contributed by atoms with E-state index >= 15 is 0 Å². The fraction of sp³-hybridized carbons (Fsp3) is 0.556. The van der Waals surface area contributed by atoms with Crippen molar-refractivity contribution in [2.45, 2.75) is 39.6 Å². The van der Waals surface area contributed by atoms with Gasteiger partial charge in [0.25, 0.3) is 0 Å². The number of nitrogens with zero attached hydrogens (tertiary/aromatic N) is 2. The Morgan fingerprint density at radius 2 is 1.62 bits per heavy atom. The van der Waals surface area contributed by atoms with Gasteiger partial charge in [-0.15, -0.1) is 0 Å². The third kappa shape index (κ3) is 9.33. The summed E-state index contributed by atoms with van der Waals surface area (Å²) in [6.07, 6.45) is -7.50. The number of alkyl halides is 3. The Balaban J connectivity index is 0. The van der Waals surface area contributed by atoms with Crippen molar-refractivity contribution in [3.63, 3.8) is 0 Å². The number of carbonyl (C=O) groups is 1. The van der Waals surface area contributed by atoms with Crippen molar-refractivity contribution in [1.82, 2.24) is 9.80 Å². The first-order valence-electron chi connectivity index (χ1n) is 8.15. The van der Waals surface area contributed by atoms with E-state index in [2.05, 4.69) is 9.64 Å². The molecular formula is C18H28F3N2O2Y-. The van der Waals surface area contributed by atoms with Crippen molar-refractivity contribution in [2.75, 3.05) is 26.2 Å². The molecule has 2 rings (SSSR count). The molecule has 0 bridgehead atoms. The van der Waals surface area contributed by atoms with Crippen LogP contribution in [0.25, 0.3) is 0 Å². The molecule has 1 aliphatic rings. The van der Waals surface area contributed by atoms with Gasteiger partial charge < -0.3 is 17.1 Å². The molecular weight excluding hydrogens is 422 g/mol. The average molecular weight is 450 g/mol. The summed E-state index contributed by atoms with van der Waals surface area (Å²) in [5.74, 6) is 0. The molecule has 1 aliphatic heterocycles. The van der Waals surface area contributed by atoms with Gasteiger partial charge in [0.2, 0.25) is 0 Å². The molecule has 1 unspecified atom stereocenters. The normalized spacial score (nSPS) is 15.5. The number of rotatable bonds is 3. The first kappa shape index (κ1) is 27.6. The smallest absolute Gasteiger partial charge is 0.425 e. The summed E-state index contributed by atoms with van der Waals surface area (Å²) >= 11 is 0. The van der Waals surface area contributed by atoms with Crippen LogP contribution in [0.2, 0.25) is 0 Å². The maximum Gasteiger partial charge on any atom is 0.425 e. The number of halogens is 3. The molecule has 1 fully saturated rings. The molecule has 1 amide bonds. The Hall–Kier alpha value is -0.656. The number of benzene rings is 1. The predicted molar refractivity (Wildman–Crippen MR) is 93.1 cm³/mol. The fourth-order valence-corrected chi connectivity index (χ4v) is 2.22. The minimum absolute atomic E-state index is 0. The van der Waals surface area contributed by atoms with E-state index in [0.717, 1.165) is 13.5 Å². The molecule has 8 heteroatoms.